The van der Waals surface area contributed by atoms with Gasteiger partial charge < -0.3 is 4.90 Å². The second kappa shape index (κ2) is 5.98. The smallest absolute Gasteiger partial charge is 0.305 e. The lowest BCUT2D eigenvalue weighted by molar-refractivity contribution is -0.387. The number of carbonyl (C=O) groups excluding carboxylic acids is 1. The molecule has 1 aromatic rings. The Morgan fingerprint density at radius 1 is 1.55 bits per heavy atom. The fourth-order valence-electron chi connectivity index (χ4n) is 2.55. The number of hydrogen-bond acceptors (Lipinski definition) is 3. The summed E-state index contributed by atoms with van der Waals surface area (Å²) in [5.41, 5.74) is -0.477. The van der Waals surface area contributed by atoms with Gasteiger partial charge in [-0.15, -0.1) is 0 Å². The number of halogens is 1. The predicted octanol–water partition coefficient (Wildman–Crippen LogP) is 3.00. The van der Waals surface area contributed by atoms with E-state index in [0.29, 0.717) is 19.0 Å². The first-order chi connectivity index (χ1) is 9.52. The third-order valence-electron chi connectivity index (χ3n) is 3.77. The molecule has 108 valence electrons. The van der Waals surface area contributed by atoms with E-state index in [1.807, 2.05) is 0 Å². The molecular formula is C14H17FN2O3. The SMILES string of the molecule is CCC1CCCN(C(=O)c2ccc(F)c([N+](=O)[O-])c2)C1. The molecule has 1 heterocycles. The van der Waals surface area contributed by atoms with Crippen LogP contribution in [0.2, 0.25) is 0 Å². The van der Waals surface area contributed by atoms with Crippen LogP contribution in [-0.4, -0.2) is 28.8 Å². The Bertz CT molecular complexity index is 533. The molecule has 2 rings (SSSR count). The largest absolute Gasteiger partial charge is 0.338 e. The van der Waals surface area contributed by atoms with Gasteiger partial charge in [0.05, 0.1) is 4.92 Å². The second-order valence-corrected chi connectivity index (χ2v) is 5.09. The Kier molecular flexibility index (Phi) is 4.32. The average molecular weight is 280 g/mol. The van der Waals surface area contributed by atoms with Gasteiger partial charge in [0.25, 0.3) is 5.91 Å². The molecule has 1 fully saturated rings. The number of hydrogen-bond donors (Lipinski definition) is 0. The average Bonchev–Trinajstić information content (AvgIpc) is 2.46. The zero-order chi connectivity index (χ0) is 14.7. The van der Waals surface area contributed by atoms with Crippen molar-refractivity contribution in [2.75, 3.05) is 13.1 Å². The first-order valence-electron chi connectivity index (χ1n) is 6.76. The highest BCUT2D eigenvalue weighted by atomic mass is 19.1. The summed E-state index contributed by atoms with van der Waals surface area (Å²) in [5, 5.41) is 10.7. The molecule has 0 N–H and O–H groups in total. The topological polar surface area (TPSA) is 63.5 Å². The van der Waals surface area contributed by atoms with E-state index in [0.717, 1.165) is 31.4 Å². The summed E-state index contributed by atoms with van der Waals surface area (Å²) < 4.78 is 13.3. The monoisotopic (exact) mass is 280 g/mol. The van der Waals surface area contributed by atoms with E-state index in [1.54, 1.807) is 4.90 Å². The normalized spacial score (nSPS) is 18.9. The van der Waals surface area contributed by atoms with Crippen LogP contribution in [0.4, 0.5) is 10.1 Å². The fraction of sp³-hybridized carbons (Fsp3) is 0.500. The number of rotatable bonds is 3. The second-order valence-electron chi connectivity index (χ2n) is 5.09. The first-order valence-corrected chi connectivity index (χ1v) is 6.76. The van der Waals surface area contributed by atoms with Gasteiger partial charge in [0.2, 0.25) is 5.82 Å². The van der Waals surface area contributed by atoms with Crippen molar-refractivity contribution < 1.29 is 14.1 Å². The Labute approximate surface area is 116 Å². The van der Waals surface area contributed by atoms with E-state index in [4.69, 9.17) is 0 Å². The lowest BCUT2D eigenvalue weighted by atomic mass is 9.95. The molecule has 0 aliphatic carbocycles. The van der Waals surface area contributed by atoms with E-state index >= 15 is 0 Å². The number of piperidine rings is 1. The Hall–Kier alpha value is -1.98. The van der Waals surface area contributed by atoms with Crippen LogP contribution in [0.1, 0.15) is 36.5 Å². The van der Waals surface area contributed by atoms with Crippen molar-refractivity contribution in [2.24, 2.45) is 5.92 Å². The van der Waals surface area contributed by atoms with Gasteiger partial charge in [0.1, 0.15) is 0 Å². The van der Waals surface area contributed by atoms with E-state index in [2.05, 4.69) is 6.92 Å². The van der Waals surface area contributed by atoms with Gasteiger partial charge in [-0.2, -0.15) is 4.39 Å². The maximum absolute atomic E-state index is 13.3. The fourth-order valence-corrected chi connectivity index (χ4v) is 2.55. The van der Waals surface area contributed by atoms with Crippen molar-refractivity contribution in [1.29, 1.82) is 0 Å². The van der Waals surface area contributed by atoms with Crippen LogP contribution in [0.25, 0.3) is 0 Å². The van der Waals surface area contributed by atoms with Crippen LogP contribution >= 0.6 is 0 Å². The van der Waals surface area contributed by atoms with Crippen molar-refractivity contribution in [3.63, 3.8) is 0 Å². The van der Waals surface area contributed by atoms with Gasteiger partial charge in [-0.1, -0.05) is 13.3 Å². The maximum Gasteiger partial charge on any atom is 0.305 e. The van der Waals surface area contributed by atoms with Crippen LogP contribution < -0.4 is 0 Å². The van der Waals surface area contributed by atoms with Gasteiger partial charge in [0, 0.05) is 24.7 Å². The number of amides is 1. The minimum atomic E-state index is -0.920. The number of nitrogens with zero attached hydrogens (tertiary/aromatic N) is 2. The predicted molar refractivity (Wildman–Crippen MR) is 72.0 cm³/mol. The first kappa shape index (κ1) is 14.4. The van der Waals surface area contributed by atoms with Gasteiger partial charge in [0.15, 0.2) is 0 Å². The molecule has 1 unspecified atom stereocenters. The van der Waals surface area contributed by atoms with Crippen LogP contribution in [-0.2, 0) is 0 Å². The number of benzene rings is 1. The molecule has 1 aliphatic rings. The van der Waals surface area contributed by atoms with Crippen molar-refractivity contribution in [1.82, 2.24) is 4.90 Å². The Morgan fingerprint density at radius 3 is 2.95 bits per heavy atom. The van der Waals surface area contributed by atoms with Crippen molar-refractivity contribution in [3.05, 3.63) is 39.7 Å². The highest BCUT2D eigenvalue weighted by Gasteiger charge is 2.25. The quantitative estimate of drug-likeness (QED) is 0.631. The van der Waals surface area contributed by atoms with E-state index in [1.165, 1.54) is 6.07 Å². The number of nitro benzene ring substituents is 1. The number of likely N-dealkylation sites (tertiary alicyclic amines) is 1. The van der Waals surface area contributed by atoms with Crippen molar-refractivity contribution >= 4 is 11.6 Å². The molecule has 0 saturated carbocycles. The standard InChI is InChI=1S/C14H17FN2O3/c1-2-10-4-3-7-16(9-10)14(18)11-5-6-12(15)13(8-11)17(19)20/h5-6,8,10H,2-4,7,9H2,1H3. The van der Waals surface area contributed by atoms with Crippen LogP contribution in [0.5, 0.6) is 0 Å². The molecule has 1 atom stereocenters. The molecule has 0 aromatic heterocycles. The highest BCUT2D eigenvalue weighted by molar-refractivity contribution is 5.94. The molecule has 1 aromatic carbocycles. The van der Waals surface area contributed by atoms with Gasteiger partial charge >= 0.3 is 5.69 Å². The van der Waals surface area contributed by atoms with Crippen LogP contribution in [0, 0.1) is 21.8 Å². The summed E-state index contributed by atoms with van der Waals surface area (Å²) in [7, 11) is 0. The van der Waals surface area contributed by atoms with Gasteiger partial charge in [-0.25, -0.2) is 0 Å². The van der Waals surface area contributed by atoms with E-state index in [-0.39, 0.29) is 11.5 Å². The summed E-state index contributed by atoms with van der Waals surface area (Å²) in [6, 6.07) is 3.31. The molecule has 0 bridgehead atoms. The van der Waals surface area contributed by atoms with Crippen molar-refractivity contribution in [3.8, 4) is 0 Å². The molecule has 1 saturated heterocycles. The summed E-state index contributed by atoms with van der Waals surface area (Å²) in [6.45, 7) is 3.41. The van der Waals surface area contributed by atoms with E-state index < -0.39 is 16.4 Å². The Balaban J connectivity index is 2.20. The minimum Gasteiger partial charge on any atom is -0.338 e. The summed E-state index contributed by atoms with van der Waals surface area (Å²) in [4.78, 5) is 23.9. The van der Waals surface area contributed by atoms with Gasteiger partial charge in [-0.05, 0) is 30.9 Å². The van der Waals surface area contributed by atoms with Crippen LogP contribution in [0.15, 0.2) is 18.2 Å². The Morgan fingerprint density at radius 2 is 2.30 bits per heavy atom. The molecule has 0 radical (unpaired) electrons. The van der Waals surface area contributed by atoms with Gasteiger partial charge in [-0.3, -0.25) is 14.9 Å². The third-order valence-corrected chi connectivity index (χ3v) is 3.77. The van der Waals surface area contributed by atoms with Crippen LogP contribution in [0.3, 0.4) is 0 Å². The number of nitro groups is 1. The lowest BCUT2D eigenvalue weighted by Gasteiger charge is -2.32. The molecule has 20 heavy (non-hydrogen) atoms. The zero-order valence-corrected chi connectivity index (χ0v) is 11.3. The van der Waals surface area contributed by atoms with Crippen molar-refractivity contribution in [2.45, 2.75) is 26.2 Å². The van der Waals surface area contributed by atoms with E-state index in [9.17, 15) is 19.3 Å². The third kappa shape index (κ3) is 2.95. The zero-order valence-electron chi connectivity index (χ0n) is 11.3. The lowest BCUT2D eigenvalue weighted by Crippen LogP contribution is -2.39. The molecule has 1 amide bonds. The highest BCUT2D eigenvalue weighted by Crippen LogP contribution is 2.23. The minimum absolute atomic E-state index is 0.176. The maximum atomic E-state index is 13.3. The molecule has 6 heteroatoms. The molecule has 0 spiro atoms. The summed E-state index contributed by atoms with van der Waals surface area (Å²) in [6.07, 6.45) is 3.05. The molecular weight excluding hydrogens is 263 g/mol. The molecule has 5 nitrogen and oxygen atoms in total. The summed E-state index contributed by atoms with van der Waals surface area (Å²) in [5.74, 6) is -0.703. The number of carbonyl (C=O) groups is 1. The molecule has 1 aliphatic heterocycles. The summed E-state index contributed by atoms with van der Waals surface area (Å²) >= 11 is 0.